The van der Waals surface area contributed by atoms with Crippen molar-refractivity contribution in [2.45, 2.75) is 49.5 Å². The smallest absolute Gasteiger partial charge is 0.246 e. The topological polar surface area (TPSA) is 49.9 Å². The minimum absolute atomic E-state index is 0.158. The van der Waals surface area contributed by atoms with Crippen LogP contribution in [0.2, 0.25) is 5.02 Å². The van der Waals surface area contributed by atoms with Gasteiger partial charge in [0.1, 0.15) is 10.6 Å². The van der Waals surface area contributed by atoms with Crippen molar-refractivity contribution in [2.75, 3.05) is 33.3 Å². The monoisotopic (exact) mass is 386 g/mol. The molecule has 0 atom stereocenters. The Hall–Kier alpha value is -0.820. The average Bonchev–Trinajstić information content (AvgIpc) is 2.91. The van der Waals surface area contributed by atoms with Crippen LogP contribution >= 0.6 is 11.6 Å². The zero-order valence-electron chi connectivity index (χ0n) is 14.8. The number of sulfonamides is 1. The number of ether oxygens (including phenoxy) is 1. The molecule has 1 heterocycles. The van der Waals surface area contributed by atoms with Gasteiger partial charge in [-0.15, -0.1) is 0 Å². The van der Waals surface area contributed by atoms with Crippen LogP contribution in [0.3, 0.4) is 0 Å². The van der Waals surface area contributed by atoms with Gasteiger partial charge in [0.05, 0.1) is 7.11 Å². The van der Waals surface area contributed by atoms with Gasteiger partial charge in [-0.1, -0.05) is 37.3 Å². The van der Waals surface area contributed by atoms with Crippen molar-refractivity contribution in [3.8, 4) is 5.75 Å². The van der Waals surface area contributed by atoms with E-state index in [4.69, 9.17) is 16.3 Å². The Kier molecular flexibility index (Phi) is 6.25. The molecule has 2 aliphatic rings. The highest BCUT2D eigenvalue weighted by Crippen LogP contribution is 2.31. The first-order valence-electron chi connectivity index (χ1n) is 9.10. The minimum atomic E-state index is -3.59. The second-order valence-electron chi connectivity index (χ2n) is 6.88. The van der Waals surface area contributed by atoms with Crippen LogP contribution in [-0.2, 0) is 10.0 Å². The lowest BCUT2D eigenvalue weighted by molar-refractivity contribution is 0.126. The summed E-state index contributed by atoms with van der Waals surface area (Å²) >= 11 is 6.01. The number of halogens is 1. The lowest BCUT2D eigenvalue weighted by Crippen LogP contribution is -2.51. The molecule has 0 aromatic heterocycles. The molecule has 1 aromatic carbocycles. The number of benzene rings is 1. The van der Waals surface area contributed by atoms with Crippen molar-refractivity contribution in [2.24, 2.45) is 0 Å². The number of hydrogen-bond acceptors (Lipinski definition) is 4. The fourth-order valence-electron chi connectivity index (χ4n) is 3.92. The van der Waals surface area contributed by atoms with Crippen molar-refractivity contribution < 1.29 is 13.2 Å². The Bertz CT molecular complexity index is 680. The molecule has 3 rings (SSSR count). The second kappa shape index (κ2) is 8.25. The van der Waals surface area contributed by atoms with Gasteiger partial charge in [-0.3, -0.25) is 4.90 Å². The first-order chi connectivity index (χ1) is 12.0. The Morgan fingerprint density at radius 1 is 1.04 bits per heavy atom. The molecule has 25 heavy (non-hydrogen) atoms. The lowest BCUT2D eigenvalue weighted by atomic mass is 10.1. The highest BCUT2D eigenvalue weighted by molar-refractivity contribution is 7.89. The molecule has 0 unspecified atom stereocenters. The quantitative estimate of drug-likeness (QED) is 0.744. The van der Waals surface area contributed by atoms with E-state index in [9.17, 15) is 8.42 Å². The molecule has 140 valence electrons. The van der Waals surface area contributed by atoms with Crippen molar-refractivity contribution in [1.29, 1.82) is 0 Å². The highest BCUT2D eigenvalue weighted by atomic mass is 35.5. The summed E-state index contributed by atoms with van der Waals surface area (Å²) in [7, 11) is -2.11. The molecule has 1 saturated heterocycles. The van der Waals surface area contributed by atoms with E-state index in [2.05, 4.69) is 4.90 Å². The highest BCUT2D eigenvalue weighted by Gasteiger charge is 2.33. The van der Waals surface area contributed by atoms with Crippen LogP contribution in [0.25, 0.3) is 0 Å². The maximum absolute atomic E-state index is 13.0. The van der Waals surface area contributed by atoms with Crippen molar-refractivity contribution >= 4 is 21.6 Å². The summed E-state index contributed by atoms with van der Waals surface area (Å²) in [6.07, 6.45) is 7.74. The van der Waals surface area contributed by atoms with Crippen molar-refractivity contribution in [3.05, 3.63) is 23.2 Å². The van der Waals surface area contributed by atoms with Crippen molar-refractivity contribution in [3.63, 3.8) is 0 Å². The zero-order chi connectivity index (χ0) is 17.9. The van der Waals surface area contributed by atoms with E-state index < -0.39 is 10.0 Å². The summed E-state index contributed by atoms with van der Waals surface area (Å²) in [5.41, 5.74) is 0. The minimum Gasteiger partial charge on any atom is -0.495 e. The molecule has 1 aromatic rings. The largest absolute Gasteiger partial charge is 0.495 e. The van der Waals surface area contributed by atoms with E-state index in [1.54, 1.807) is 16.4 Å². The van der Waals surface area contributed by atoms with Gasteiger partial charge in [-0.25, -0.2) is 8.42 Å². The molecule has 1 aliphatic heterocycles. The van der Waals surface area contributed by atoms with Crippen LogP contribution in [0.15, 0.2) is 23.1 Å². The summed E-state index contributed by atoms with van der Waals surface area (Å²) in [6.45, 7) is 2.64. The number of rotatable bonds is 4. The molecule has 0 radical (unpaired) electrons. The second-order valence-corrected chi connectivity index (χ2v) is 9.22. The van der Waals surface area contributed by atoms with E-state index in [-0.39, 0.29) is 4.90 Å². The molecular formula is C18H27ClN2O3S. The van der Waals surface area contributed by atoms with Gasteiger partial charge >= 0.3 is 0 Å². The number of methoxy groups -OCH3 is 1. The summed E-state index contributed by atoms with van der Waals surface area (Å²) < 4.78 is 32.8. The van der Waals surface area contributed by atoms with Gasteiger partial charge in [0.2, 0.25) is 10.0 Å². The standard InChI is InChI=1S/C18H27ClN2O3S/c1-24-17-9-8-15(19)14-18(17)25(22,23)21-12-10-20(11-13-21)16-6-4-2-3-5-7-16/h8-9,14,16H,2-7,10-13H2,1H3. The lowest BCUT2D eigenvalue weighted by Gasteiger charge is -2.38. The van der Waals surface area contributed by atoms with Crippen LogP contribution in [0.5, 0.6) is 5.75 Å². The Balaban J connectivity index is 1.70. The van der Waals surface area contributed by atoms with E-state index in [0.717, 1.165) is 13.1 Å². The fourth-order valence-corrected chi connectivity index (χ4v) is 5.76. The Morgan fingerprint density at radius 3 is 2.28 bits per heavy atom. The van der Waals surface area contributed by atoms with Gasteiger partial charge in [0.25, 0.3) is 0 Å². The predicted molar refractivity (Wildman–Crippen MR) is 99.8 cm³/mol. The van der Waals surface area contributed by atoms with Crippen molar-refractivity contribution in [1.82, 2.24) is 9.21 Å². The predicted octanol–water partition coefficient (Wildman–Crippen LogP) is 3.38. The maximum atomic E-state index is 13.0. The molecule has 7 heteroatoms. The maximum Gasteiger partial charge on any atom is 0.246 e. The Labute approximate surface area is 155 Å². The SMILES string of the molecule is COc1ccc(Cl)cc1S(=O)(=O)N1CCN(C2CCCCCC2)CC1. The van der Waals surface area contributed by atoms with Crippen LogP contribution in [0, 0.1) is 0 Å². The summed E-state index contributed by atoms with van der Waals surface area (Å²) in [5.74, 6) is 0.343. The van der Waals surface area contributed by atoms with E-state index in [1.807, 2.05) is 0 Å². The summed E-state index contributed by atoms with van der Waals surface area (Å²) in [5, 5.41) is 0.400. The van der Waals surface area contributed by atoms with Gasteiger partial charge < -0.3 is 4.74 Å². The zero-order valence-corrected chi connectivity index (χ0v) is 16.4. The molecule has 1 aliphatic carbocycles. The summed E-state index contributed by atoms with van der Waals surface area (Å²) in [6, 6.07) is 5.35. The third-order valence-electron chi connectivity index (χ3n) is 5.36. The molecular weight excluding hydrogens is 360 g/mol. The summed E-state index contributed by atoms with van der Waals surface area (Å²) in [4.78, 5) is 2.64. The van der Waals surface area contributed by atoms with Crippen LogP contribution in [0.1, 0.15) is 38.5 Å². The van der Waals surface area contributed by atoms with Crippen LogP contribution in [-0.4, -0.2) is 57.0 Å². The Morgan fingerprint density at radius 2 is 1.68 bits per heavy atom. The normalized spacial score (nSPS) is 21.8. The van der Waals surface area contributed by atoms with Gasteiger partial charge in [-0.05, 0) is 31.0 Å². The molecule has 1 saturated carbocycles. The number of hydrogen-bond donors (Lipinski definition) is 0. The van der Waals surface area contributed by atoms with E-state index in [1.165, 1.54) is 51.7 Å². The molecule has 0 spiro atoms. The third-order valence-corrected chi connectivity index (χ3v) is 7.51. The molecule has 5 nitrogen and oxygen atoms in total. The number of piperazine rings is 1. The first-order valence-corrected chi connectivity index (χ1v) is 10.9. The molecule has 0 N–H and O–H groups in total. The van der Waals surface area contributed by atoms with Gasteiger partial charge in [-0.2, -0.15) is 4.31 Å². The number of nitrogens with zero attached hydrogens (tertiary/aromatic N) is 2. The van der Waals surface area contributed by atoms with E-state index >= 15 is 0 Å². The first kappa shape index (κ1) is 19.0. The van der Waals surface area contributed by atoms with E-state index in [0.29, 0.717) is 29.9 Å². The van der Waals surface area contributed by atoms with Crippen LogP contribution in [0.4, 0.5) is 0 Å². The molecule has 0 amide bonds. The molecule has 0 bridgehead atoms. The molecule has 2 fully saturated rings. The fraction of sp³-hybridized carbons (Fsp3) is 0.667. The van der Waals surface area contributed by atoms with Crippen LogP contribution < -0.4 is 4.74 Å². The van der Waals surface area contributed by atoms with Gasteiger partial charge in [0.15, 0.2) is 0 Å². The average molecular weight is 387 g/mol. The van der Waals surface area contributed by atoms with Gasteiger partial charge in [0, 0.05) is 37.2 Å². The third kappa shape index (κ3) is 4.30.